The van der Waals surface area contributed by atoms with Crippen LogP contribution in [-0.2, 0) is 10.0 Å². The van der Waals surface area contributed by atoms with Crippen LogP contribution in [0.4, 0.5) is 9.18 Å². The largest absolute Gasteiger partial charge is 0.465 e. The first kappa shape index (κ1) is 24.2. The highest BCUT2D eigenvalue weighted by Crippen LogP contribution is 2.42. The Morgan fingerprint density at radius 2 is 1.69 bits per heavy atom. The molecule has 4 rings (SSSR count). The number of halogens is 1. The Morgan fingerprint density at radius 3 is 2.25 bits per heavy atom. The van der Waals surface area contributed by atoms with Crippen LogP contribution < -0.4 is 5.32 Å². The number of amides is 1. The second-order valence-electron chi connectivity index (χ2n) is 8.38. The number of sulfonamides is 1. The molecule has 2 aromatic rings. The van der Waals surface area contributed by atoms with Crippen molar-refractivity contribution < 1.29 is 22.7 Å². The Balaban J connectivity index is 0.000000887. The number of aryl methyl sites for hydroxylation is 1. The molecule has 1 aliphatic heterocycles. The zero-order valence-electron chi connectivity index (χ0n) is 18.3. The fraction of sp³-hybridized carbons (Fsp3) is 0.458. The van der Waals surface area contributed by atoms with E-state index in [4.69, 9.17) is 5.11 Å². The molecule has 8 heteroatoms. The lowest BCUT2D eigenvalue weighted by Crippen LogP contribution is -2.38. The first-order chi connectivity index (χ1) is 15.3. The summed E-state index contributed by atoms with van der Waals surface area (Å²) in [4.78, 5) is 10.9. The van der Waals surface area contributed by atoms with Crippen LogP contribution in [-0.4, -0.2) is 36.5 Å². The van der Waals surface area contributed by atoms with Crippen molar-refractivity contribution in [2.75, 3.05) is 6.54 Å². The third-order valence-corrected chi connectivity index (χ3v) is 7.61. The van der Waals surface area contributed by atoms with Crippen LogP contribution in [0.25, 0.3) is 0 Å². The lowest BCUT2D eigenvalue weighted by atomic mass is 10.0. The number of nitrogens with zero attached hydrogens (tertiary/aromatic N) is 1. The first-order valence-corrected chi connectivity index (χ1v) is 12.6. The predicted molar refractivity (Wildman–Crippen MR) is 121 cm³/mol. The van der Waals surface area contributed by atoms with Crippen molar-refractivity contribution in [2.45, 2.75) is 68.8 Å². The molecule has 0 bridgehead atoms. The number of benzene rings is 2. The monoisotopic (exact) mass is 462 g/mol. The molecule has 1 aliphatic carbocycles. The second-order valence-corrected chi connectivity index (χ2v) is 10.2. The molecule has 2 fully saturated rings. The summed E-state index contributed by atoms with van der Waals surface area (Å²) in [5.74, 6) is -0.365. The highest BCUT2D eigenvalue weighted by molar-refractivity contribution is 7.89. The van der Waals surface area contributed by atoms with Gasteiger partial charge in [-0.1, -0.05) is 49.1 Å². The van der Waals surface area contributed by atoms with Gasteiger partial charge in [-0.25, -0.2) is 17.6 Å². The molecule has 0 spiro atoms. The minimum absolute atomic E-state index is 0.228. The van der Waals surface area contributed by atoms with E-state index in [2.05, 4.69) is 5.32 Å². The van der Waals surface area contributed by atoms with Crippen molar-refractivity contribution in [3.05, 3.63) is 65.5 Å². The third-order valence-electron chi connectivity index (χ3n) is 5.64. The van der Waals surface area contributed by atoms with E-state index in [1.807, 2.05) is 6.92 Å². The number of nitrogens with one attached hydrogen (secondary N) is 1. The Bertz CT molecular complexity index is 989. The summed E-state index contributed by atoms with van der Waals surface area (Å²) in [5.41, 5.74) is 1.73. The first-order valence-electron chi connectivity index (χ1n) is 11.1. The lowest BCUT2D eigenvalue weighted by molar-refractivity contribution is 0.193. The molecular weight excluding hydrogens is 431 g/mol. The van der Waals surface area contributed by atoms with Gasteiger partial charge in [0, 0.05) is 12.6 Å². The number of hydrogen-bond acceptors (Lipinski definition) is 3. The number of rotatable bonds is 7. The topological polar surface area (TPSA) is 86.7 Å². The van der Waals surface area contributed by atoms with Crippen LogP contribution in [0, 0.1) is 12.7 Å². The van der Waals surface area contributed by atoms with Gasteiger partial charge in [0.1, 0.15) is 5.82 Å². The number of hydrogen-bond donors (Lipinski definition) is 2. The fourth-order valence-electron chi connectivity index (χ4n) is 3.86. The predicted octanol–water partition coefficient (Wildman–Crippen LogP) is 5.25. The van der Waals surface area contributed by atoms with Crippen molar-refractivity contribution in [3.8, 4) is 0 Å². The fourth-order valence-corrected chi connectivity index (χ4v) is 5.75. The average molecular weight is 463 g/mol. The van der Waals surface area contributed by atoms with Gasteiger partial charge in [-0.15, -0.1) is 0 Å². The lowest BCUT2D eigenvalue weighted by Gasteiger charge is -2.30. The summed E-state index contributed by atoms with van der Waals surface area (Å²) < 4.78 is 41.9. The van der Waals surface area contributed by atoms with Crippen LogP contribution in [0.5, 0.6) is 0 Å². The second kappa shape index (κ2) is 10.9. The molecule has 0 unspecified atom stereocenters. The average Bonchev–Trinajstić information content (AvgIpc) is 3.58. The van der Waals surface area contributed by atoms with Gasteiger partial charge in [-0.3, -0.25) is 0 Å². The SMILES string of the molecule is C1CC1.Cc1ccc(S(=O)(=O)N2[C@@H](CCCNC(=O)O)CC[C@H]2c2ccc(F)cc2)cc1. The maximum Gasteiger partial charge on any atom is 0.404 e. The van der Waals surface area contributed by atoms with E-state index in [0.29, 0.717) is 25.7 Å². The molecule has 0 aromatic heterocycles. The summed E-state index contributed by atoms with van der Waals surface area (Å²) in [6.07, 6.45) is 5.79. The van der Waals surface area contributed by atoms with Gasteiger partial charge in [0.15, 0.2) is 0 Å². The molecule has 1 saturated carbocycles. The maximum absolute atomic E-state index is 13.5. The van der Waals surface area contributed by atoms with Gasteiger partial charge in [-0.05, 0) is 62.4 Å². The van der Waals surface area contributed by atoms with Crippen molar-refractivity contribution in [2.24, 2.45) is 0 Å². The molecule has 2 aliphatic rings. The van der Waals surface area contributed by atoms with E-state index < -0.39 is 16.1 Å². The van der Waals surface area contributed by atoms with Crippen molar-refractivity contribution in [3.63, 3.8) is 0 Å². The van der Waals surface area contributed by atoms with Gasteiger partial charge in [0.25, 0.3) is 0 Å². The van der Waals surface area contributed by atoms with E-state index in [1.54, 1.807) is 36.4 Å². The molecule has 1 amide bonds. The molecule has 2 atom stereocenters. The van der Waals surface area contributed by atoms with Gasteiger partial charge in [0.05, 0.1) is 10.9 Å². The summed E-state index contributed by atoms with van der Waals surface area (Å²) in [7, 11) is -3.76. The van der Waals surface area contributed by atoms with E-state index >= 15 is 0 Å². The molecule has 2 aromatic carbocycles. The molecule has 2 N–H and O–H groups in total. The van der Waals surface area contributed by atoms with E-state index in [0.717, 1.165) is 11.1 Å². The third kappa shape index (κ3) is 6.53. The quantitative estimate of drug-likeness (QED) is 0.551. The minimum atomic E-state index is -3.76. The van der Waals surface area contributed by atoms with E-state index in [1.165, 1.54) is 35.7 Å². The molecule has 174 valence electrons. The molecule has 32 heavy (non-hydrogen) atoms. The van der Waals surface area contributed by atoms with Crippen LogP contribution in [0.2, 0.25) is 0 Å². The Labute approximate surface area is 189 Å². The van der Waals surface area contributed by atoms with Crippen LogP contribution in [0.15, 0.2) is 53.4 Å². The van der Waals surface area contributed by atoms with Crippen molar-refractivity contribution in [1.82, 2.24) is 9.62 Å². The summed E-state index contributed by atoms with van der Waals surface area (Å²) in [6.45, 7) is 2.16. The van der Waals surface area contributed by atoms with Gasteiger partial charge >= 0.3 is 6.09 Å². The Kier molecular flexibility index (Phi) is 8.26. The summed E-state index contributed by atoms with van der Waals surface area (Å²) in [6, 6.07) is 12.1. The zero-order valence-corrected chi connectivity index (χ0v) is 19.2. The van der Waals surface area contributed by atoms with Gasteiger partial charge in [0.2, 0.25) is 10.0 Å². The number of carboxylic acid groups (broad SMARTS) is 1. The normalized spacial score (nSPS) is 20.3. The summed E-state index contributed by atoms with van der Waals surface area (Å²) in [5, 5.41) is 11.0. The van der Waals surface area contributed by atoms with Gasteiger partial charge in [-0.2, -0.15) is 4.31 Å². The Hall–Kier alpha value is -2.45. The zero-order chi connectivity index (χ0) is 23.1. The van der Waals surface area contributed by atoms with Crippen LogP contribution >= 0.6 is 0 Å². The molecular formula is C24H31FN2O4S. The smallest absolute Gasteiger partial charge is 0.404 e. The minimum Gasteiger partial charge on any atom is -0.465 e. The number of carbonyl (C=O) groups is 1. The molecule has 1 saturated heterocycles. The standard InChI is InChI=1S/C21H25FN2O4S.C3H6/c1-15-4-11-19(12-5-15)29(27,28)24-18(3-2-14-23-21(25)26)10-13-20(24)16-6-8-17(22)9-7-16;1-2-3-1/h4-9,11-12,18,20,23H,2-3,10,13-14H2,1H3,(H,25,26);1-3H2/t18-,20-;/m0./s1. The van der Waals surface area contributed by atoms with Crippen LogP contribution in [0.3, 0.4) is 0 Å². The maximum atomic E-state index is 13.5. The Morgan fingerprint density at radius 1 is 1.06 bits per heavy atom. The summed E-state index contributed by atoms with van der Waals surface area (Å²) >= 11 is 0. The molecule has 6 nitrogen and oxygen atoms in total. The van der Waals surface area contributed by atoms with E-state index in [9.17, 15) is 17.6 Å². The molecule has 0 radical (unpaired) electrons. The van der Waals surface area contributed by atoms with E-state index in [-0.39, 0.29) is 29.3 Å². The molecule has 1 heterocycles. The van der Waals surface area contributed by atoms with Crippen molar-refractivity contribution >= 4 is 16.1 Å². The van der Waals surface area contributed by atoms with Crippen molar-refractivity contribution in [1.29, 1.82) is 0 Å². The highest BCUT2D eigenvalue weighted by atomic mass is 32.2. The van der Waals surface area contributed by atoms with Crippen LogP contribution in [0.1, 0.15) is 62.1 Å². The highest BCUT2D eigenvalue weighted by Gasteiger charge is 2.42. The van der Waals surface area contributed by atoms with Gasteiger partial charge < -0.3 is 10.4 Å².